The fourth-order valence-electron chi connectivity index (χ4n) is 1.90. The summed E-state index contributed by atoms with van der Waals surface area (Å²) in [4.78, 5) is 10.5. The highest BCUT2D eigenvalue weighted by Crippen LogP contribution is 2.11. The van der Waals surface area contributed by atoms with Gasteiger partial charge in [0.25, 0.3) is 0 Å². The van der Waals surface area contributed by atoms with Crippen molar-refractivity contribution in [2.75, 3.05) is 0 Å². The molecule has 18 heavy (non-hydrogen) atoms. The van der Waals surface area contributed by atoms with E-state index < -0.39 is 0 Å². The minimum atomic E-state index is -0.191. The van der Waals surface area contributed by atoms with E-state index in [-0.39, 0.29) is 5.24 Å². The van der Waals surface area contributed by atoms with Crippen molar-refractivity contribution >= 4 is 16.8 Å². The minimum absolute atomic E-state index is 0.191. The van der Waals surface area contributed by atoms with Crippen LogP contribution >= 0.6 is 11.6 Å². The number of allylic oxidation sites excluding steroid dienone is 2. The molecule has 0 saturated carbocycles. The topological polar surface area (TPSA) is 17.1 Å². The lowest BCUT2D eigenvalue weighted by Gasteiger charge is -2.00. The molecule has 0 aliphatic rings. The average Bonchev–Trinajstić information content (AvgIpc) is 2.29. The van der Waals surface area contributed by atoms with Crippen LogP contribution in [0.15, 0.2) is 12.2 Å². The van der Waals surface area contributed by atoms with Crippen molar-refractivity contribution in [1.82, 2.24) is 0 Å². The van der Waals surface area contributed by atoms with Crippen molar-refractivity contribution in [3.05, 3.63) is 12.2 Å². The summed E-state index contributed by atoms with van der Waals surface area (Å²) in [6, 6.07) is 0. The highest BCUT2D eigenvalue weighted by molar-refractivity contribution is 6.63. The van der Waals surface area contributed by atoms with Crippen LogP contribution in [0.25, 0.3) is 0 Å². The molecule has 0 radical (unpaired) electrons. The van der Waals surface area contributed by atoms with Crippen LogP contribution in [0.3, 0.4) is 0 Å². The number of hydrogen-bond donors (Lipinski definition) is 0. The monoisotopic (exact) mass is 272 g/mol. The van der Waals surface area contributed by atoms with Gasteiger partial charge in [0.1, 0.15) is 0 Å². The molecule has 2 heteroatoms. The van der Waals surface area contributed by atoms with Gasteiger partial charge in [0, 0.05) is 6.42 Å². The summed E-state index contributed by atoms with van der Waals surface area (Å²) >= 11 is 5.27. The lowest BCUT2D eigenvalue weighted by molar-refractivity contribution is -0.111. The molecule has 0 rings (SSSR count). The summed E-state index contributed by atoms with van der Waals surface area (Å²) < 4.78 is 0. The smallest absolute Gasteiger partial charge is 0.221 e. The van der Waals surface area contributed by atoms with E-state index in [2.05, 4.69) is 26.0 Å². The van der Waals surface area contributed by atoms with E-state index in [4.69, 9.17) is 11.6 Å². The van der Waals surface area contributed by atoms with Gasteiger partial charge in [-0.15, -0.1) is 0 Å². The number of carbonyl (C=O) groups is 1. The molecular weight excluding hydrogens is 244 g/mol. The number of rotatable bonds is 12. The quantitative estimate of drug-likeness (QED) is 0.247. The van der Waals surface area contributed by atoms with Gasteiger partial charge < -0.3 is 0 Å². The Labute approximate surface area is 118 Å². The summed E-state index contributed by atoms with van der Waals surface area (Å²) in [6.07, 6.45) is 16.2. The van der Waals surface area contributed by atoms with E-state index in [0.29, 0.717) is 6.42 Å². The first-order valence-electron chi connectivity index (χ1n) is 7.46. The van der Waals surface area contributed by atoms with Crippen LogP contribution in [0.5, 0.6) is 0 Å². The van der Waals surface area contributed by atoms with Crippen LogP contribution in [0.2, 0.25) is 0 Å². The summed E-state index contributed by atoms with van der Waals surface area (Å²) in [5, 5.41) is -0.191. The Balaban J connectivity index is 3.07. The second-order valence-corrected chi connectivity index (χ2v) is 5.89. The second kappa shape index (κ2) is 13.1. The molecule has 106 valence electrons. The first-order valence-corrected chi connectivity index (χ1v) is 7.84. The van der Waals surface area contributed by atoms with E-state index >= 15 is 0 Å². The van der Waals surface area contributed by atoms with Gasteiger partial charge in [0.15, 0.2) is 0 Å². The first kappa shape index (κ1) is 17.7. The summed E-state index contributed by atoms with van der Waals surface area (Å²) in [7, 11) is 0. The van der Waals surface area contributed by atoms with Gasteiger partial charge >= 0.3 is 0 Å². The van der Waals surface area contributed by atoms with Crippen LogP contribution in [0.1, 0.15) is 78.1 Å². The maximum absolute atomic E-state index is 10.5. The predicted molar refractivity (Wildman–Crippen MR) is 81.0 cm³/mol. The zero-order valence-electron chi connectivity index (χ0n) is 12.1. The SMILES string of the molecule is CC(C)CC=CCCCCCCCCCC(=O)Cl. The maximum atomic E-state index is 10.5. The van der Waals surface area contributed by atoms with Crippen LogP contribution in [-0.2, 0) is 4.79 Å². The van der Waals surface area contributed by atoms with Crippen molar-refractivity contribution < 1.29 is 4.79 Å². The van der Waals surface area contributed by atoms with Crippen molar-refractivity contribution in [3.63, 3.8) is 0 Å². The van der Waals surface area contributed by atoms with Gasteiger partial charge in [-0.25, -0.2) is 0 Å². The van der Waals surface area contributed by atoms with Crippen molar-refractivity contribution in [2.45, 2.75) is 78.1 Å². The highest BCUT2D eigenvalue weighted by Gasteiger charge is 1.96. The zero-order chi connectivity index (χ0) is 13.6. The van der Waals surface area contributed by atoms with E-state index in [0.717, 1.165) is 18.8 Å². The van der Waals surface area contributed by atoms with Gasteiger partial charge in [0.05, 0.1) is 0 Å². The van der Waals surface area contributed by atoms with Gasteiger partial charge in [-0.1, -0.05) is 58.1 Å². The Morgan fingerprint density at radius 1 is 0.944 bits per heavy atom. The molecule has 0 N–H and O–H groups in total. The van der Waals surface area contributed by atoms with Crippen LogP contribution < -0.4 is 0 Å². The molecular formula is C16H29ClO. The molecule has 0 aromatic rings. The number of hydrogen-bond acceptors (Lipinski definition) is 1. The molecule has 0 unspecified atom stereocenters. The molecule has 0 heterocycles. The molecule has 0 fully saturated rings. The fourth-order valence-corrected chi connectivity index (χ4v) is 2.03. The molecule has 0 spiro atoms. The largest absolute Gasteiger partial charge is 0.281 e. The van der Waals surface area contributed by atoms with E-state index in [9.17, 15) is 4.79 Å². The van der Waals surface area contributed by atoms with E-state index in [1.54, 1.807) is 0 Å². The third kappa shape index (κ3) is 15.7. The molecule has 0 aromatic heterocycles. The molecule has 0 aliphatic carbocycles. The Kier molecular flexibility index (Phi) is 12.9. The number of carbonyl (C=O) groups excluding carboxylic acids is 1. The molecule has 0 atom stereocenters. The lowest BCUT2D eigenvalue weighted by atomic mass is 10.1. The maximum Gasteiger partial charge on any atom is 0.221 e. The van der Waals surface area contributed by atoms with Gasteiger partial charge in [-0.05, 0) is 43.2 Å². The summed E-state index contributed by atoms with van der Waals surface area (Å²) in [5.74, 6) is 0.779. The predicted octanol–water partition coefficient (Wildman–Crippen LogP) is 5.87. The minimum Gasteiger partial charge on any atom is -0.281 e. The Hall–Kier alpha value is -0.300. The number of unbranched alkanes of at least 4 members (excludes halogenated alkanes) is 7. The standard InChI is InChI=1S/C16H29ClO/c1-15(2)13-11-9-7-5-3-4-6-8-10-12-14-16(17)18/h9,11,15H,3-8,10,12-14H2,1-2H3. The average molecular weight is 273 g/mol. The van der Waals surface area contributed by atoms with Crippen LogP contribution in [-0.4, -0.2) is 5.24 Å². The van der Waals surface area contributed by atoms with Crippen molar-refractivity contribution in [3.8, 4) is 0 Å². The van der Waals surface area contributed by atoms with Crippen molar-refractivity contribution in [1.29, 1.82) is 0 Å². The molecule has 0 saturated heterocycles. The van der Waals surface area contributed by atoms with Gasteiger partial charge in [-0.2, -0.15) is 0 Å². The summed E-state index contributed by atoms with van der Waals surface area (Å²) in [5.41, 5.74) is 0. The second-order valence-electron chi connectivity index (χ2n) is 5.47. The molecule has 0 aromatic carbocycles. The molecule has 0 amide bonds. The van der Waals surface area contributed by atoms with E-state index in [1.165, 1.54) is 44.9 Å². The Bertz CT molecular complexity index is 221. The number of halogens is 1. The van der Waals surface area contributed by atoms with Crippen molar-refractivity contribution in [2.24, 2.45) is 5.92 Å². The first-order chi connectivity index (χ1) is 8.63. The van der Waals surface area contributed by atoms with Gasteiger partial charge in [-0.3, -0.25) is 4.79 Å². The molecule has 0 aliphatic heterocycles. The van der Waals surface area contributed by atoms with Gasteiger partial charge in [0.2, 0.25) is 5.24 Å². The molecule has 1 nitrogen and oxygen atoms in total. The van der Waals surface area contributed by atoms with E-state index in [1.807, 2.05) is 0 Å². The lowest BCUT2D eigenvalue weighted by Crippen LogP contribution is -1.86. The highest BCUT2D eigenvalue weighted by atomic mass is 35.5. The summed E-state index contributed by atoms with van der Waals surface area (Å²) in [6.45, 7) is 4.50. The normalized spacial score (nSPS) is 11.6. The third-order valence-electron chi connectivity index (χ3n) is 3.02. The fraction of sp³-hybridized carbons (Fsp3) is 0.812. The third-order valence-corrected chi connectivity index (χ3v) is 3.21. The zero-order valence-corrected chi connectivity index (χ0v) is 12.8. The van der Waals surface area contributed by atoms with Crippen LogP contribution in [0, 0.1) is 5.92 Å². The Morgan fingerprint density at radius 3 is 2.06 bits per heavy atom. The molecule has 0 bridgehead atoms. The van der Waals surface area contributed by atoms with Crippen LogP contribution in [0.4, 0.5) is 0 Å². The Morgan fingerprint density at radius 2 is 1.50 bits per heavy atom.